The van der Waals surface area contributed by atoms with E-state index in [1.54, 1.807) is 6.92 Å². The van der Waals surface area contributed by atoms with E-state index in [1.807, 2.05) is 26.8 Å². The molecule has 0 saturated heterocycles. The van der Waals surface area contributed by atoms with Gasteiger partial charge in [0.15, 0.2) is 0 Å². The van der Waals surface area contributed by atoms with Gasteiger partial charge in [-0.05, 0) is 31.0 Å². The van der Waals surface area contributed by atoms with Crippen molar-refractivity contribution in [3.05, 3.63) is 29.1 Å². The fourth-order valence-electron chi connectivity index (χ4n) is 2.16. The van der Waals surface area contributed by atoms with E-state index in [9.17, 15) is 4.79 Å². The quantitative estimate of drug-likeness (QED) is 0.874. The third kappa shape index (κ3) is 2.10. The molecule has 0 saturated carbocycles. The Kier molecular flexibility index (Phi) is 3.11. The summed E-state index contributed by atoms with van der Waals surface area (Å²) in [5.41, 5.74) is 4.20. The number of nitrogens with zero attached hydrogens (tertiary/aromatic N) is 1. The van der Waals surface area contributed by atoms with Crippen LogP contribution in [0.2, 0.25) is 0 Å². The van der Waals surface area contributed by atoms with Crippen LogP contribution in [0.25, 0.3) is 11.0 Å². The summed E-state index contributed by atoms with van der Waals surface area (Å²) < 4.78 is 0. The fourth-order valence-corrected chi connectivity index (χ4v) is 2.16. The van der Waals surface area contributed by atoms with Gasteiger partial charge in [0.05, 0.1) is 17.0 Å². The van der Waals surface area contributed by atoms with Crippen molar-refractivity contribution in [2.45, 2.75) is 33.6 Å². The molecule has 4 heteroatoms. The Morgan fingerprint density at radius 2 is 2.00 bits per heavy atom. The Hall–Kier alpha value is -1.84. The van der Waals surface area contributed by atoms with E-state index in [2.05, 4.69) is 16.0 Å². The summed E-state index contributed by atoms with van der Waals surface area (Å²) in [6.07, 6.45) is 0. The highest BCUT2D eigenvalue weighted by atomic mass is 16.4. The molecular weight excluding hydrogens is 228 g/mol. The molecule has 0 radical (unpaired) electrons. The topological polar surface area (TPSA) is 66.0 Å². The van der Waals surface area contributed by atoms with Gasteiger partial charge in [-0.1, -0.05) is 19.9 Å². The van der Waals surface area contributed by atoms with Crippen LogP contribution in [-0.2, 0) is 4.79 Å². The number of imidazole rings is 1. The second-order valence-corrected chi connectivity index (χ2v) is 5.02. The van der Waals surface area contributed by atoms with Crippen LogP contribution in [0.4, 0.5) is 0 Å². The van der Waals surface area contributed by atoms with Crippen LogP contribution in [0.1, 0.15) is 36.7 Å². The maximum absolute atomic E-state index is 11.0. The number of carbonyl (C=O) groups is 1. The van der Waals surface area contributed by atoms with Crippen LogP contribution in [0.5, 0.6) is 0 Å². The summed E-state index contributed by atoms with van der Waals surface area (Å²) in [5.74, 6) is -0.633. The molecule has 1 aromatic heterocycles. The average molecular weight is 246 g/mol. The first-order chi connectivity index (χ1) is 8.40. The summed E-state index contributed by atoms with van der Waals surface area (Å²) >= 11 is 0. The normalized spacial score (nSPS) is 14.7. The number of aryl methyl sites for hydroxylation is 2. The zero-order valence-electron chi connectivity index (χ0n) is 11.1. The molecular formula is C14H18N2O2. The summed E-state index contributed by atoms with van der Waals surface area (Å²) in [4.78, 5) is 18.8. The molecule has 2 unspecified atom stereocenters. The summed E-state index contributed by atoms with van der Waals surface area (Å²) in [7, 11) is 0. The Morgan fingerprint density at radius 3 is 2.61 bits per heavy atom. The molecule has 0 amide bonds. The highest BCUT2D eigenvalue weighted by molar-refractivity contribution is 5.80. The number of hydrogen-bond donors (Lipinski definition) is 2. The van der Waals surface area contributed by atoms with E-state index in [0.717, 1.165) is 22.4 Å². The van der Waals surface area contributed by atoms with Crippen molar-refractivity contribution in [2.75, 3.05) is 0 Å². The van der Waals surface area contributed by atoms with E-state index >= 15 is 0 Å². The third-order valence-electron chi connectivity index (χ3n) is 3.51. The number of aliphatic carboxylic acids is 1. The minimum Gasteiger partial charge on any atom is -0.481 e. The van der Waals surface area contributed by atoms with E-state index in [-0.39, 0.29) is 5.92 Å². The first-order valence-corrected chi connectivity index (χ1v) is 6.10. The summed E-state index contributed by atoms with van der Waals surface area (Å²) in [5, 5.41) is 9.05. The van der Waals surface area contributed by atoms with Crippen molar-refractivity contribution in [1.82, 2.24) is 9.97 Å². The standard InChI is InChI=1S/C14H18N2O2/c1-7-5-8(2)12-11(6-7)15-13(16-12)9(3)10(4)14(17)18/h5-6,9-10H,1-4H3,(H,15,16)(H,17,18). The summed E-state index contributed by atoms with van der Waals surface area (Å²) in [6, 6.07) is 4.12. The molecule has 4 nitrogen and oxygen atoms in total. The van der Waals surface area contributed by atoms with E-state index in [4.69, 9.17) is 5.11 Å². The van der Waals surface area contributed by atoms with Crippen molar-refractivity contribution >= 4 is 17.0 Å². The number of nitrogens with one attached hydrogen (secondary N) is 1. The third-order valence-corrected chi connectivity index (χ3v) is 3.51. The molecule has 2 rings (SSSR count). The van der Waals surface area contributed by atoms with Gasteiger partial charge in [0.25, 0.3) is 0 Å². The summed E-state index contributed by atoms with van der Waals surface area (Å²) in [6.45, 7) is 7.65. The smallest absolute Gasteiger partial charge is 0.306 e. The molecule has 0 aliphatic carbocycles. The van der Waals surface area contributed by atoms with Crippen LogP contribution in [0.3, 0.4) is 0 Å². The lowest BCUT2D eigenvalue weighted by Crippen LogP contribution is -2.17. The maximum atomic E-state index is 11.0. The lowest BCUT2D eigenvalue weighted by Gasteiger charge is -2.12. The largest absolute Gasteiger partial charge is 0.481 e. The van der Waals surface area contributed by atoms with Gasteiger partial charge in [-0.25, -0.2) is 4.98 Å². The van der Waals surface area contributed by atoms with Gasteiger partial charge in [0, 0.05) is 5.92 Å². The molecule has 0 aliphatic rings. The number of fused-ring (bicyclic) bond motifs is 1. The monoisotopic (exact) mass is 246 g/mol. The maximum Gasteiger partial charge on any atom is 0.306 e. The van der Waals surface area contributed by atoms with Crippen LogP contribution in [0.15, 0.2) is 12.1 Å². The minimum absolute atomic E-state index is 0.130. The number of carboxylic acid groups (broad SMARTS) is 1. The van der Waals surface area contributed by atoms with Crippen LogP contribution in [-0.4, -0.2) is 21.0 Å². The molecule has 0 fully saturated rings. The van der Waals surface area contributed by atoms with Gasteiger partial charge < -0.3 is 10.1 Å². The molecule has 0 bridgehead atoms. The van der Waals surface area contributed by atoms with Crippen molar-refractivity contribution in [2.24, 2.45) is 5.92 Å². The molecule has 18 heavy (non-hydrogen) atoms. The highest BCUT2D eigenvalue weighted by Gasteiger charge is 2.23. The molecule has 1 heterocycles. The molecule has 1 aromatic carbocycles. The van der Waals surface area contributed by atoms with Gasteiger partial charge >= 0.3 is 5.97 Å². The van der Waals surface area contributed by atoms with Crippen LogP contribution >= 0.6 is 0 Å². The molecule has 0 aliphatic heterocycles. The molecule has 2 aromatic rings. The lowest BCUT2D eigenvalue weighted by atomic mass is 9.96. The van der Waals surface area contributed by atoms with Gasteiger partial charge in [0.2, 0.25) is 0 Å². The van der Waals surface area contributed by atoms with Gasteiger partial charge in [0.1, 0.15) is 5.82 Å². The van der Waals surface area contributed by atoms with Crippen molar-refractivity contribution in [3.63, 3.8) is 0 Å². The number of aromatic amines is 1. The second-order valence-electron chi connectivity index (χ2n) is 5.02. The number of carboxylic acids is 1. The van der Waals surface area contributed by atoms with Crippen molar-refractivity contribution in [3.8, 4) is 0 Å². The molecule has 96 valence electrons. The minimum atomic E-state index is -0.796. The average Bonchev–Trinajstić information content (AvgIpc) is 2.70. The van der Waals surface area contributed by atoms with Gasteiger partial charge in [-0.15, -0.1) is 0 Å². The number of aromatic nitrogens is 2. The van der Waals surface area contributed by atoms with E-state index < -0.39 is 11.9 Å². The van der Waals surface area contributed by atoms with Gasteiger partial charge in [-0.3, -0.25) is 4.79 Å². The first kappa shape index (κ1) is 12.6. The lowest BCUT2D eigenvalue weighted by molar-refractivity contribution is -0.141. The van der Waals surface area contributed by atoms with Crippen LogP contribution < -0.4 is 0 Å². The van der Waals surface area contributed by atoms with E-state index in [0.29, 0.717) is 0 Å². The number of benzene rings is 1. The Labute approximate surface area is 106 Å². The van der Waals surface area contributed by atoms with Crippen molar-refractivity contribution < 1.29 is 9.90 Å². The van der Waals surface area contributed by atoms with Crippen LogP contribution in [0, 0.1) is 19.8 Å². The highest BCUT2D eigenvalue weighted by Crippen LogP contribution is 2.26. The Bertz CT molecular complexity index is 601. The van der Waals surface area contributed by atoms with E-state index in [1.165, 1.54) is 5.56 Å². The number of rotatable bonds is 3. The zero-order valence-corrected chi connectivity index (χ0v) is 11.1. The zero-order chi connectivity index (χ0) is 13.4. The SMILES string of the molecule is Cc1cc(C)c2nc(C(C)C(C)C(=O)O)[nH]c2c1. The molecule has 0 spiro atoms. The molecule has 2 atom stereocenters. The first-order valence-electron chi connectivity index (χ1n) is 6.10. The molecule has 2 N–H and O–H groups in total. The van der Waals surface area contributed by atoms with Crippen molar-refractivity contribution in [1.29, 1.82) is 0 Å². The second kappa shape index (κ2) is 4.44. The predicted molar refractivity (Wildman–Crippen MR) is 70.8 cm³/mol. The number of H-pyrrole nitrogens is 1. The van der Waals surface area contributed by atoms with Gasteiger partial charge in [-0.2, -0.15) is 0 Å². The number of hydrogen-bond acceptors (Lipinski definition) is 2. The Balaban J connectivity index is 2.47. The fraction of sp³-hybridized carbons (Fsp3) is 0.429. The predicted octanol–water partition coefficient (Wildman–Crippen LogP) is 3.00. The Morgan fingerprint density at radius 1 is 1.33 bits per heavy atom.